The number of nitrogens with one attached hydrogen (secondary N) is 2. The molecule has 7 heterocycles. The van der Waals surface area contributed by atoms with Gasteiger partial charge in [0.1, 0.15) is 24.1 Å². The number of hydrogen-bond donors (Lipinski definition) is 2. The highest BCUT2D eigenvalue weighted by atomic mass is 19.3. The zero-order valence-corrected chi connectivity index (χ0v) is 33.6. The monoisotopic (exact) mass is 807 g/mol. The van der Waals surface area contributed by atoms with Gasteiger partial charge in [0.05, 0.1) is 38.0 Å². The third kappa shape index (κ3) is 6.68. The van der Waals surface area contributed by atoms with Crippen molar-refractivity contribution in [2.75, 3.05) is 69.3 Å². The zero-order valence-electron chi connectivity index (χ0n) is 33.6. The van der Waals surface area contributed by atoms with Gasteiger partial charge in [-0.1, -0.05) is 24.3 Å². The molecule has 310 valence electrons. The molecule has 3 aromatic carbocycles. The zero-order chi connectivity index (χ0) is 40.5. The molecule has 59 heavy (non-hydrogen) atoms. The number of piperidine rings is 2. The van der Waals surface area contributed by atoms with E-state index in [-0.39, 0.29) is 42.9 Å². The summed E-state index contributed by atoms with van der Waals surface area (Å²) >= 11 is 0. The van der Waals surface area contributed by atoms with Gasteiger partial charge in [0.25, 0.3) is 12.3 Å². The van der Waals surface area contributed by atoms with Crippen LogP contribution in [0.15, 0.2) is 54.6 Å². The number of ether oxygens (including phenoxy) is 2. The molecule has 6 aliphatic heterocycles. The minimum Gasteiger partial charge on any atom is -0.496 e. The average Bonchev–Trinajstić information content (AvgIpc) is 3.77. The molecule has 12 nitrogen and oxygen atoms in total. The summed E-state index contributed by atoms with van der Waals surface area (Å²) in [6.07, 6.45) is 0.941. The van der Waals surface area contributed by atoms with E-state index in [9.17, 15) is 23.2 Å². The van der Waals surface area contributed by atoms with Gasteiger partial charge in [0.15, 0.2) is 0 Å². The number of aromatic nitrogens is 1. The maximum absolute atomic E-state index is 14.1. The number of carbonyl (C=O) groups excluding carboxylic acids is 3. The molecular weight excluding hydrogens is 757 g/mol. The second-order valence-corrected chi connectivity index (χ2v) is 17.2. The molecule has 6 aliphatic rings. The van der Waals surface area contributed by atoms with Crippen LogP contribution in [-0.4, -0.2) is 121 Å². The number of anilines is 2. The third-order valence-electron chi connectivity index (χ3n) is 13.8. The fraction of sp³-hybridized carbons (Fsp3) is 0.489. The van der Waals surface area contributed by atoms with Gasteiger partial charge in [0.2, 0.25) is 11.8 Å². The fourth-order valence-electron chi connectivity index (χ4n) is 10.9. The Labute approximate surface area is 342 Å². The number of imide groups is 1. The SMILES string of the molecule is COc1cc(N2CCC(CN3CCN4c5ccc6c(c5OC[C@@H]4C3)CN([C@H]3CCC(=O)NC3=O)C6=O)CC2)ccc1[C@@H]1c2[nH]c3ccccc3c2C[C@@H](C)N1CC(F)F. The minimum absolute atomic E-state index is 0.0684. The summed E-state index contributed by atoms with van der Waals surface area (Å²) < 4.78 is 40.6. The number of benzene rings is 3. The lowest BCUT2D eigenvalue weighted by atomic mass is 9.88. The summed E-state index contributed by atoms with van der Waals surface area (Å²) in [6, 6.07) is 17.5. The van der Waals surface area contributed by atoms with Crippen molar-refractivity contribution in [3.63, 3.8) is 0 Å². The van der Waals surface area contributed by atoms with Crippen LogP contribution in [0, 0.1) is 5.92 Å². The van der Waals surface area contributed by atoms with Crippen molar-refractivity contribution in [1.82, 2.24) is 25.0 Å². The Balaban J connectivity index is 0.784. The Bertz CT molecular complexity index is 2310. The van der Waals surface area contributed by atoms with Crippen LogP contribution in [0.4, 0.5) is 20.2 Å². The molecule has 10 rings (SSSR count). The van der Waals surface area contributed by atoms with Crippen molar-refractivity contribution >= 4 is 40.0 Å². The van der Waals surface area contributed by atoms with Crippen molar-refractivity contribution in [2.45, 2.75) is 76.2 Å². The van der Waals surface area contributed by atoms with Crippen molar-refractivity contribution in [3.05, 3.63) is 82.5 Å². The lowest BCUT2D eigenvalue weighted by Crippen LogP contribution is -2.58. The first-order chi connectivity index (χ1) is 28.6. The molecule has 3 fully saturated rings. The topological polar surface area (TPSA) is 114 Å². The fourth-order valence-corrected chi connectivity index (χ4v) is 10.9. The molecule has 0 spiro atoms. The van der Waals surface area contributed by atoms with Crippen LogP contribution in [0.3, 0.4) is 0 Å². The maximum atomic E-state index is 14.1. The standard InChI is InChI=1S/C45H51F2N7O5/c1-26-19-33-30-5-3-4-6-35(30)48-41(33)42(53(26)24-39(46)47)32-8-7-28(20-38(32)58-2)51-15-13-27(14-16-51)21-50-17-18-52-29(22-50)25-59-43-34-23-54(37-11-12-40(55)49-44(37)56)45(57)31(34)9-10-36(43)52/h3-10,20,26-27,29,37,39,42,48H,11-19,21-25H2,1-2H3,(H,49,55,56)/t26-,29+,37+,42-/m1/s1. The van der Waals surface area contributed by atoms with E-state index in [0.29, 0.717) is 43.2 Å². The Morgan fingerprint density at radius 1 is 0.949 bits per heavy atom. The largest absolute Gasteiger partial charge is 0.496 e. The van der Waals surface area contributed by atoms with Crippen LogP contribution in [0.25, 0.3) is 10.9 Å². The molecule has 0 radical (unpaired) electrons. The normalized spacial score (nSPS) is 25.2. The van der Waals surface area contributed by atoms with Crippen LogP contribution in [-0.2, 0) is 22.6 Å². The summed E-state index contributed by atoms with van der Waals surface area (Å²) in [5.41, 5.74) is 7.59. The van der Waals surface area contributed by atoms with Crippen molar-refractivity contribution in [1.29, 1.82) is 0 Å². The third-order valence-corrected chi connectivity index (χ3v) is 13.8. The Morgan fingerprint density at radius 2 is 1.78 bits per heavy atom. The van der Waals surface area contributed by atoms with Crippen molar-refractivity contribution in [2.24, 2.45) is 5.92 Å². The number of halogens is 2. The van der Waals surface area contributed by atoms with Gasteiger partial charge in [-0.05, 0) is 68.4 Å². The molecule has 4 atom stereocenters. The maximum Gasteiger partial charge on any atom is 0.255 e. The number of nitrogens with zero attached hydrogens (tertiary/aromatic N) is 5. The first-order valence-electron chi connectivity index (χ1n) is 21.1. The Hall–Kier alpha value is -5.21. The first kappa shape index (κ1) is 38.0. The van der Waals surface area contributed by atoms with E-state index < -0.39 is 18.4 Å². The highest BCUT2D eigenvalue weighted by Gasteiger charge is 2.44. The molecule has 0 bridgehead atoms. The summed E-state index contributed by atoms with van der Waals surface area (Å²) in [5.74, 6) is 1.13. The minimum atomic E-state index is -2.45. The number of aromatic amines is 1. The van der Waals surface area contributed by atoms with Crippen LogP contribution < -0.4 is 24.6 Å². The second-order valence-electron chi connectivity index (χ2n) is 17.2. The van der Waals surface area contributed by atoms with Crippen molar-refractivity contribution in [3.8, 4) is 11.5 Å². The quantitative estimate of drug-likeness (QED) is 0.228. The number of para-hydroxylation sites is 1. The molecule has 3 saturated heterocycles. The van der Waals surface area contributed by atoms with Crippen LogP contribution in [0.1, 0.15) is 71.4 Å². The van der Waals surface area contributed by atoms with E-state index in [2.05, 4.69) is 55.3 Å². The molecular formula is C45H51F2N7O5. The average molecular weight is 808 g/mol. The molecule has 0 unspecified atom stereocenters. The second kappa shape index (κ2) is 15.1. The van der Waals surface area contributed by atoms with E-state index in [0.717, 1.165) is 97.0 Å². The first-order valence-corrected chi connectivity index (χ1v) is 21.1. The number of hydrogen-bond acceptors (Lipinski definition) is 9. The number of piperazine rings is 1. The van der Waals surface area contributed by atoms with Gasteiger partial charge < -0.3 is 29.2 Å². The van der Waals surface area contributed by atoms with E-state index in [1.807, 2.05) is 36.1 Å². The Kier molecular flexibility index (Phi) is 9.74. The van der Waals surface area contributed by atoms with Crippen LogP contribution >= 0.6 is 0 Å². The number of fused-ring (bicyclic) bond motifs is 8. The number of rotatable bonds is 8. The molecule has 14 heteroatoms. The van der Waals surface area contributed by atoms with E-state index in [1.54, 1.807) is 12.0 Å². The number of methoxy groups -OCH3 is 1. The van der Waals surface area contributed by atoms with Gasteiger partial charge in [-0.2, -0.15) is 0 Å². The summed E-state index contributed by atoms with van der Waals surface area (Å²) in [4.78, 5) is 52.3. The Morgan fingerprint density at radius 3 is 2.58 bits per heavy atom. The summed E-state index contributed by atoms with van der Waals surface area (Å²) in [6.45, 7) is 8.15. The molecule has 0 aliphatic carbocycles. The highest BCUT2D eigenvalue weighted by molar-refractivity contribution is 6.06. The van der Waals surface area contributed by atoms with Crippen molar-refractivity contribution < 1.29 is 32.6 Å². The van der Waals surface area contributed by atoms with Gasteiger partial charge in [0, 0.05) is 96.8 Å². The predicted molar refractivity (Wildman–Crippen MR) is 220 cm³/mol. The summed E-state index contributed by atoms with van der Waals surface area (Å²) in [7, 11) is 1.67. The number of alkyl halides is 2. The van der Waals surface area contributed by atoms with Gasteiger partial charge in [-0.3, -0.25) is 29.5 Å². The van der Waals surface area contributed by atoms with Gasteiger partial charge in [-0.15, -0.1) is 0 Å². The van der Waals surface area contributed by atoms with Crippen LogP contribution in [0.2, 0.25) is 0 Å². The molecule has 2 N–H and O–H groups in total. The number of H-pyrrole nitrogens is 1. The van der Waals surface area contributed by atoms with E-state index in [4.69, 9.17) is 9.47 Å². The molecule has 1 aromatic heterocycles. The predicted octanol–water partition coefficient (Wildman–Crippen LogP) is 5.34. The molecule has 0 saturated carbocycles. The summed E-state index contributed by atoms with van der Waals surface area (Å²) in [5, 5.41) is 3.53. The highest BCUT2D eigenvalue weighted by Crippen LogP contribution is 2.46. The van der Waals surface area contributed by atoms with Gasteiger partial charge in [-0.25, -0.2) is 8.78 Å². The molecule has 3 amide bonds. The van der Waals surface area contributed by atoms with E-state index >= 15 is 0 Å². The molecule has 4 aromatic rings. The lowest BCUT2D eigenvalue weighted by Gasteiger charge is -2.47. The lowest BCUT2D eigenvalue weighted by molar-refractivity contribution is -0.136. The smallest absolute Gasteiger partial charge is 0.255 e. The number of amides is 3. The van der Waals surface area contributed by atoms with E-state index in [1.165, 1.54) is 5.56 Å². The van der Waals surface area contributed by atoms with Gasteiger partial charge >= 0.3 is 0 Å². The van der Waals surface area contributed by atoms with Crippen LogP contribution in [0.5, 0.6) is 11.5 Å². The number of carbonyl (C=O) groups is 3.